The number of nitrogens with zero attached hydrogens (tertiary/aromatic N) is 2. The maximum absolute atomic E-state index is 4.77. The van der Waals surface area contributed by atoms with Crippen LogP contribution in [0.2, 0.25) is 0 Å². The van der Waals surface area contributed by atoms with Crippen molar-refractivity contribution in [1.29, 1.82) is 0 Å². The Kier molecular flexibility index (Phi) is 2.70. The van der Waals surface area contributed by atoms with Gasteiger partial charge in [0.1, 0.15) is 0 Å². The van der Waals surface area contributed by atoms with E-state index in [0.717, 1.165) is 11.4 Å². The van der Waals surface area contributed by atoms with Crippen LogP contribution in [0.15, 0.2) is 84.7 Å². The van der Waals surface area contributed by atoms with Crippen LogP contribution in [0.25, 0.3) is 11.4 Å². The molecule has 27 heavy (non-hydrogen) atoms. The van der Waals surface area contributed by atoms with E-state index in [-0.39, 0.29) is 10.8 Å². The fourth-order valence-corrected chi connectivity index (χ4v) is 5.79. The van der Waals surface area contributed by atoms with Gasteiger partial charge in [0.15, 0.2) is 0 Å². The molecule has 2 aromatic heterocycles. The first-order valence-corrected chi connectivity index (χ1v) is 9.56. The van der Waals surface area contributed by atoms with Crippen LogP contribution in [0.4, 0.5) is 0 Å². The zero-order valence-electron chi connectivity index (χ0n) is 15.5. The van der Waals surface area contributed by atoms with E-state index in [1.807, 2.05) is 12.4 Å². The van der Waals surface area contributed by atoms with Gasteiger partial charge in [-0.15, -0.1) is 0 Å². The predicted molar refractivity (Wildman–Crippen MR) is 108 cm³/mol. The maximum Gasteiger partial charge on any atom is 0.0934 e. The van der Waals surface area contributed by atoms with Gasteiger partial charge in [-0.1, -0.05) is 67.1 Å². The largest absolute Gasteiger partial charge is 0.254 e. The summed E-state index contributed by atoms with van der Waals surface area (Å²) < 4.78 is 0. The third-order valence-electron chi connectivity index (χ3n) is 6.86. The average molecular weight is 348 g/mol. The Labute approximate surface area is 159 Å². The van der Waals surface area contributed by atoms with Gasteiger partial charge in [0.25, 0.3) is 0 Å². The molecule has 0 aliphatic heterocycles. The summed E-state index contributed by atoms with van der Waals surface area (Å²) >= 11 is 0. The highest BCUT2D eigenvalue weighted by molar-refractivity contribution is 5.82. The fourth-order valence-electron chi connectivity index (χ4n) is 5.79. The molecule has 130 valence electrons. The standard InChI is InChI=1S/C25H20N2/c1-16-11-12-24(2)17-7-3-4-8-18(17)25(21(24)15-16)19-9-5-13-26-22(19)23-20(25)10-6-14-27-23/h3-15,21H,1-2H3/t21?,24-/m1/s1. The molecule has 2 heterocycles. The van der Waals surface area contributed by atoms with Gasteiger partial charge in [-0.2, -0.15) is 0 Å². The molecule has 0 N–H and O–H groups in total. The van der Waals surface area contributed by atoms with Crippen molar-refractivity contribution in [1.82, 2.24) is 9.97 Å². The lowest BCUT2D eigenvalue weighted by atomic mass is 9.61. The Morgan fingerprint density at radius 1 is 0.778 bits per heavy atom. The Bertz CT molecular complexity index is 1120. The highest BCUT2D eigenvalue weighted by Gasteiger charge is 2.62. The number of fused-ring (bicyclic) bond motifs is 10. The van der Waals surface area contributed by atoms with E-state index in [2.05, 4.69) is 80.6 Å². The van der Waals surface area contributed by atoms with E-state index in [9.17, 15) is 0 Å². The van der Waals surface area contributed by atoms with Crippen molar-refractivity contribution in [2.24, 2.45) is 5.92 Å². The van der Waals surface area contributed by atoms with Crippen LogP contribution in [0.1, 0.15) is 36.1 Å². The van der Waals surface area contributed by atoms with Gasteiger partial charge in [-0.3, -0.25) is 9.97 Å². The molecule has 0 fully saturated rings. The fraction of sp³-hybridized carbons (Fsp3) is 0.200. The Hall–Kier alpha value is -3.00. The lowest BCUT2D eigenvalue weighted by Gasteiger charge is -2.40. The zero-order valence-corrected chi connectivity index (χ0v) is 15.5. The van der Waals surface area contributed by atoms with Crippen LogP contribution in [0.5, 0.6) is 0 Å². The molecule has 0 saturated heterocycles. The monoisotopic (exact) mass is 348 g/mol. The summed E-state index contributed by atoms with van der Waals surface area (Å²) in [7, 11) is 0. The molecule has 3 aliphatic carbocycles. The summed E-state index contributed by atoms with van der Waals surface area (Å²) in [4.78, 5) is 9.54. The summed E-state index contributed by atoms with van der Waals surface area (Å²) in [5.74, 6) is 0.306. The molecule has 1 spiro atoms. The van der Waals surface area contributed by atoms with E-state index in [1.54, 1.807) is 0 Å². The lowest BCUT2D eigenvalue weighted by Crippen LogP contribution is -2.39. The van der Waals surface area contributed by atoms with Crippen molar-refractivity contribution in [3.8, 4) is 11.4 Å². The minimum atomic E-state index is -0.232. The summed E-state index contributed by atoms with van der Waals surface area (Å²) in [6, 6.07) is 17.6. The van der Waals surface area contributed by atoms with E-state index in [4.69, 9.17) is 9.97 Å². The SMILES string of the molecule is CC1=CC2C3(c4ccccc4[C@@]2(C)C=C1)c1cccnc1-c1ncccc13. The molecule has 2 heteroatoms. The van der Waals surface area contributed by atoms with Crippen LogP contribution in [0.3, 0.4) is 0 Å². The van der Waals surface area contributed by atoms with Gasteiger partial charge < -0.3 is 0 Å². The number of hydrogen-bond donors (Lipinski definition) is 0. The number of allylic oxidation sites excluding steroid dienone is 4. The van der Waals surface area contributed by atoms with Crippen LogP contribution in [-0.2, 0) is 10.8 Å². The predicted octanol–water partition coefficient (Wildman–Crippen LogP) is 5.20. The third kappa shape index (κ3) is 1.58. The molecule has 3 aromatic rings. The first-order valence-electron chi connectivity index (χ1n) is 9.56. The molecule has 6 rings (SSSR count). The topological polar surface area (TPSA) is 25.8 Å². The smallest absolute Gasteiger partial charge is 0.0934 e. The first-order chi connectivity index (χ1) is 13.2. The summed E-state index contributed by atoms with van der Waals surface area (Å²) in [6.45, 7) is 4.59. The zero-order chi connectivity index (χ0) is 18.2. The quantitative estimate of drug-likeness (QED) is 0.558. The first kappa shape index (κ1) is 15.1. The van der Waals surface area contributed by atoms with Gasteiger partial charge in [-0.05, 0) is 41.3 Å². The number of hydrogen-bond acceptors (Lipinski definition) is 2. The Balaban J connectivity index is 1.83. The van der Waals surface area contributed by atoms with Crippen LogP contribution >= 0.6 is 0 Å². The minimum Gasteiger partial charge on any atom is -0.254 e. The Morgan fingerprint density at radius 3 is 2.04 bits per heavy atom. The summed E-state index contributed by atoms with van der Waals surface area (Å²) in [5.41, 5.74) is 8.52. The third-order valence-corrected chi connectivity index (χ3v) is 6.86. The van der Waals surface area contributed by atoms with Gasteiger partial charge >= 0.3 is 0 Å². The summed E-state index contributed by atoms with van der Waals surface area (Å²) in [6.07, 6.45) is 10.9. The van der Waals surface area contributed by atoms with Crippen LogP contribution < -0.4 is 0 Å². The highest BCUT2D eigenvalue weighted by Crippen LogP contribution is 2.66. The number of rotatable bonds is 0. The number of aromatic nitrogens is 2. The van der Waals surface area contributed by atoms with Gasteiger partial charge in [0, 0.05) is 23.7 Å². The highest BCUT2D eigenvalue weighted by atomic mass is 14.8. The second-order valence-electron chi connectivity index (χ2n) is 8.16. The molecule has 1 unspecified atom stereocenters. The van der Waals surface area contributed by atoms with E-state index < -0.39 is 0 Å². The van der Waals surface area contributed by atoms with Gasteiger partial charge in [-0.25, -0.2) is 0 Å². The molecule has 1 aromatic carbocycles. The van der Waals surface area contributed by atoms with Crippen molar-refractivity contribution in [2.45, 2.75) is 24.7 Å². The molecular formula is C25H20N2. The van der Waals surface area contributed by atoms with Crippen molar-refractivity contribution in [3.63, 3.8) is 0 Å². The van der Waals surface area contributed by atoms with Crippen molar-refractivity contribution in [3.05, 3.63) is 107 Å². The second kappa shape index (κ2) is 4.83. The van der Waals surface area contributed by atoms with Crippen molar-refractivity contribution < 1.29 is 0 Å². The molecule has 0 radical (unpaired) electrons. The van der Waals surface area contributed by atoms with E-state index in [0.29, 0.717) is 5.92 Å². The molecule has 0 bridgehead atoms. The van der Waals surface area contributed by atoms with Crippen LogP contribution in [-0.4, -0.2) is 9.97 Å². The molecule has 2 atom stereocenters. The van der Waals surface area contributed by atoms with Gasteiger partial charge in [0.2, 0.25) is 0 Å². The van der Waals surface area contributed by atoms with E-state index >= 15 is 0 Å². The molecule has 0 amide bonds. The lowest BCUT2D eigenvalue weighted by molar-refractivity contribution is 0.369. The number of benzene rings is 1. The number of pyridine rings is 2. The normalized spacial score (nSPS) is 25.6. The average Bonchev–Trinajstić information content (AvgIpc) is 3.13. The van der Waals surface area contributed by atoms with Crippen LogP contribution in [0, 0.1) is 5.92 Å². The maximum atomic E-state index is 4.77. The van der Waals surface area contributed by atoms with Gasteiger partial charge in [0.05, 0.1) is 16.8 Å². The second-order valence-corrected chi connectivity index (χ2v) is 8.16. The van der Waals surface area contributed by atoms with Crippen molar-refractivity contribution in [2.75, 3.05) is 0 Å². The van der Waals surface area contributed by atoms with Crippen molar-refractivity contribution >= 4 is 0 Å². The molecule has 2 nitrogen and oxygen atoms in total. The molecule has 0 saturated carbocycles. The Morgan fingerprint density at radius 2 is 1.37 bits per heavy atom. The summed E-state index contributed by atoms with van der Waals surface area (Å²) in [5, 5.41) is 0. The molecular weight excluding hydrogens is 328 g/mol. The minimum absolute atomic E-state index is 0.0410. The van der Waals surface area contributed by atoms with E-state index in [1.165, 1.54) is 27.8 Å². The molecule has 3 aliphatic rings.